The smallest absolute Gasteiger partial charge is 0.163 e. The van der Waals surface area contributed by atoms with E-state index in [2.05, 4.69) is 0 Å². The Morgan fingerprint density at radius 2 is 2.13 bits per heavy atom. The normalized spacial score (nSPS) is 12.2. The van der Waals surface area contributed by atoms with Crippen LogP contribution in [-0.4, -0.2) is 23.6 Å². The molecule has 1 aromatic carbocycles. The molecule has 0 saturated carbocycles. The van der Waals surface area contributed by atoms with Crippen LogP contribution >= 0.6 is 0 Å². The van der Waals surface area contributed by atoms with Crippen LogP contribution in [0.2, 0.25) is 0 Å². The van der Waals surface area contributed by atoms with Crippen molar-refractivity contribution in [1.82, 2.24) is 0 Å². The summed E-state index contributed by atoms with van der Waals surface area (Å²) in [5.41, 5.74) is 0.556. The largest absolute Gasteiger partial charge is 0.490 e. The fourth-order valence-corrected chi connectivity index (χ4v) is 1.19. The van der Waals surface area contributed by atoms with Crippen LogP contribution in [0.25, 0.3) is 0 Å². The number of aliphatic hydroxyl groups is 1. The fraction of sp³-hybridized carbons (Fsp3) is 0.417. The number of hydrogen-bond acceptors (Lipinski definition) is 3. The van der Waals surface area contributed by atoms with Crippen LogP contribution in [0.5, 0.6) is 5.75 Å². The van der Waals surface area contributed by atoms with E-state index in [1.165, 1.54) is 6.92 Å². The maximum atomic E-state index is 11.2. The van der Waals surface area contributed by atoms with Gasteiger partial charge >= 0.3 is 0 Å². The number of carbonyl (C=O) groups is 1. The maximum Gasteiger partial charge on any atom is 0.163 e. The van der Waals surface area contributed by atoms with Crippen molar-refractivity contribution in [1.29, 1.82) is 0 Å². The molecule has 0 radical (unpaired) electrons. The SMILES string of the molecule is CCC(O)COc1ccccc1C(C)=O. The third-order valence-corrected chi connectivity index (χ3v) is 2.17. The Morgan fingerprint density at radius 1 is 1.47 bits per heavy atom. The molecule has 0 aliphatic rings. The first-order valence-corrected chi connectivity index (χ1v) is 5.06. The van der Waals surface area contributed by atoms with Crippen LogP contribution in [0, 0.1) is 0 Å². The zero-order chi connectivity index (χ0) is 11.3. The van der Waals surface area contributed by atoms with Crippen LogP contribution in [-0.2, 0) is 0 Å². The van der Waals surface area contributed by atoms with Crippen LogP contribution in [0.3, 0.4) is 0 Å². The minimum atomic E-state index is -0.481. The molecule has 82 valence electrons. The van der Waals surface area contributed by atoms with Gasteiger partial charge in [0, 0.05) is 0 Å². The molecule has 0 aliphatic carbocycles. The van der Waals surface area contributed by atoms with Crippen molar-refractivity contribution in [2.45, 2.75) is 26.4 Å². The quantitative estimate of drug-likeness (QED) is 0.753. The molecule has 3 heteroatoms. The van der Waals surface area contributed by atoms with Crippen LogP contribution in [0.1, 0.15) is 30.6 Å². The minimum Gasteiger partial charge on any atom is -0.490 e. The van der Waals surface area contributed by atoms with Crippen molar-refractivity contribution in [3.63, 3.8) is 0 Å². The molecule has 1 aromatic rings. The summed E-state index contributed by atoms with van der Waals surface area (Å²) in [7, 11) is 0. The van der Waals surface area contributed by atoms with Gasteiger partial charge in [-0.05, 0) is 25.5 Å². The highest BCUT2D eigenvalue weighted by atomic mass is 16.5. The fourth-order valence-electron chi connectivity index (χ4n) is 1.19. The van der Waals surface area contributed by atoms with Gasteiger partial charge < -0.3 is 9.84 Å². The number of hydrogen-bond donors (Lipinski definition) is 1. The number of benzene rings is 1. The molecule has 0 aliphatic heterocycles. The zero-order valence-corrected chi connectivity index (χ0v) is 9.06. The average Bonchev–Trinajstić information content (AvgIpc) is 2.26. The molecule has 3 nitrogen and oxygen atoms in total. The van der Waals surface area contributed by atoms with Crippen molar-refractivity contribution in [3.8, 4) is 5.75 Å². The van der Waals surface area contributed by atoms with E-state index in [9.17, 15) is 9.90 Å². The van der Waals surface area contributed by atoms with Crippen LogP contribution in [0.4, 0.5) is 0 Å². The number of aliphatic hydroxyl groups excluding tert-OH is 1. The molecule has 1 unspecified atom stereocenters. The predicted octanol–water partition coefficient (Wildman–Crippen LogP) is 2.04. The summed E-state index contributed by atoms with van der Waals surface area (Å²) < 4.78 is 5.38. The Labute approximate surface area is 89.7 Å². The highest BCUT2D eigenvalue weighted by molar-refractivity contribution is 5.96. The van der Waals surface area contributed by atoms with Crippen molar-refractivity contribution < 1.29 is 14.6 Å². The Kier molecular flexibility index (Phi) is 4.31. The topological polar surface area (TPSA) is 46.5 Å². The van der Waals surface area contributed by atoms with E-state index in [0.29, 0.717) is 17.7 Å². The third-order valence-electron chi connectivity index (χ3n) is 2.17. The van der Waals surface area contributed by atoms with Gasteiger partial charge in [-0.15, -0.1) is 0 Å². The average molecular weight is 208 g/mol. The molecule has 0 fully saturated rings. The van der Waals surface area contributed by atoms with E-state index in [1.807, 2.05) is 6.92 Å². The van der Waals surface area contributed by atoms with E-state index in [4.69, 9.17) is 4.74 Å². The van der Waals surface area contributed by atoms with Gasteiger partial charge in [0.1, 0.15) is 12.4 Å². The highest BCUT2D eigenvalue weighted by Gasteiger charge is 2.08. The molecular weight excluding hydrogens is 192 g/mol. The number of ketones is 1. The van der Waals surface area contributed by atoms with Gasteiger partial charge in [0.05, 0.1) is 11.7 Å². The molecule has 0 amide bonds. The summed E-state index contributed by atoms with van der Waals surface area (Å²) >= 11 is 0. The summed E-state index contributed by atoms with van der Waals surface area (Å²) in [6, 6.07) is 7.05. The first-order chi connectivity index (χ1) is 7.15. The minimum absolute atomic E-state index is 0.0309. The Hall–Kier alpha value is -1.35. The lowest BCUT2D eigenvalue weighted by Crippen LogP contribution is -2.17. The summed E-state index contributed by atoms with van der Waals surface area (Å²) in [4.78, 5) is 11.2. The first-order valence-electron chi connectivity index (χ1n) is 5.06. The molecule has 0 bridgehead atoms. The van der Waals surface area contributed by atoms with E-state index in [1.54, 1.807) is 24.3 Å². The number of rotatable bonds is 5. The Balaban J connectivity index is 2.72. The summed E-state index contributed by atoms with van der Waals surface area (Å²) in [6.07, 6.45) is 0.160. The number of carbonyl (C=O) groups excluding carboxylic acids is 1. The van der Waals surface area contributed by atoms with Gasteiger partial charge in [0.25, 0.3) is 0 Å². The lowest BCUT2D eigenvalue weighted by atomic mass is 10.1. The standard InChI is InChI=1S/C12H16O3/c1-3-10(14)8-15-12-7-5-4-6-11(12)9(2)13/h4-7,10,14H,3,8H2,1-2H3. The lowest BCUT2D eigenvalue weighted by Gasteiger charge is -2.12. The molecule has 1 atom stereocenters. The second kappa shape index (κ2) is 5.51. The Morgan fingerprint density at radius 3 is 2.73 bits per heavy atom. The highest BCUT2D eigenvalue weighted by Crippen LogP contribution is 2.18. The van der Waals surface area contributed by atoms with Gasteiger partial charge in [-0.2, -0.15) is 0 Å². The molecule has 1 N–H and O–H groups in total. The van der Waals surface area contributed by atoms with Gasteiger partial charge in [0.2, 0.25) is 0 Å². The summed E-state index contributed by atoms with van der Waals surface area (Å²) in [5, 5.41) is 9.34. The monoisotopic (exact) mass is 208 g/mol. The maximum absolute atomic E-state index is 11.2. The van der Waals surface area contributed by atoms with E-state index >= 15 is 0 Å². The van der Waals surface area contributed by atoms with E-state index < -0.39 is 6.10 Å². The molecule has 0 aromatic heterocycles. The van der Waals surface area contributed by atoms with E-state index in [0.717, 1.165) is 0 Å². The number of para-hydroxylation sites is 1. The van der Waals surface area contributed by atoms with Crippen molar-refractivity contribution in [3.05, 3.63) is 29.8 Å². The van der Waals surface area contributed by atoms with Crippen molar-refractivity contribution >= 4 is 5.78 Å². The molecular formula is C12H16O3. The van der Waals surface area contributed by atoms with Gasteiger partial charge in [-0.1, -0.05) is 19.1 Å². The summed E-state index contributed by atoms with van der Waals surface area (Å²) in [6.45, 7) is 3.60. The van der Waals surface area contributed by atoms with Gasteiger partial charge in [-0.3, -0.25) is 4.79 Å². The second-order valence-electron chi connectivity index (χ2n) is 3.43. The molecule has 0 heterocycles. The van der Waals surface area contributed by atoms with Crippen molar-refractivity contribution in [2.24, 2.45) is 0 Å². The molecule has 1 rings (SSSR count). The van der Waals surface area contributed by atoms with Crippen molar-refractivity contribution in [2.75, 3.05) is 6.61 Å². The summed E-state index contributed by atoms with van der Waals surface area (Å²) in [5.74, 6) is 0.508. The van der Waals surface area contributed by atoms with Gasteiger partial charge in [-0.25, -0.2) is 0 Å². The first kappa shape index (κ1) is 11.7. The molecule has 0 saturated heterocycles. The third kappa shape index (κ3) is 3.36. The lowest BCUT2D eigenvalue weighted by molar-refractivity contribution is 0.0966. The number of Topliss-reactive ketones (excluding diaryl/α,β-unsaturated/α-hetero) is 1. The van der Waals surface area contributed by atoms with E-state index in [-0.39, 0.29) is 12.4 Å². The van der Waals surface area contributed by atoms with Gasteiger partial charge in [0.15, 0.2) is 5.78 Å². The predicted molar refractivity (Wildman–Crippen MR) is 58.2 cm³/mol. The Bertz CT molecular complexity index is 333. The van der Waals surface area contributed by atoms with Crippen LogP contribution in [0.15, 0.2) is 24.3 Å². The zero-order valence-electron chi connectivity index (χ0n) is 9.06. The molecule has 15 heavy (non-hydrogen) atoms. The van der Waals surface area contributed by atoms with Crippen LogP contribution < -0.4 is 4.74 Å². The number of ether oxygens (including phenoxy) is 1. The second-order valence-corrected chi connectivity index (χ2v) is 3.43. The molecule has 0 spiro atoms.